The Hall–Kier alpha value is -0.860. The van der Waals surface area contributed by atoms with Crippen LogP contribution in [-0.4, -0.2) is 5.11 Å². The van der Waals surface area contributed by atoms with Crippen molar-refractivity contribution in [3.63, 3.8) is 0 Å². The highest BCUT2D eigenvalue weighted by Gasteiger charge is 2.10. The van der Waals surface area contributed by atoms with Gasteiger partial charge in [-0.15, -0.1) is 11.3 Å². The lowest BCUT2D eigenvalue weighted by atomic mass is 10.0. The molecule has 74 valence electrons. The van der Waals surface area contributed by atoms with Crippen molar-refractivity contribution < 1.29 is 5.11 Å². The van der Waals surface area contributed by atoms with Crippen LogP contribution in [0, 0.1) is 0 Å². The van der Waals surface area contributed by atoms with E-state index in [-0.39, 0.29) is 6.10 Å². The summed E-state index contributed by atoms with van der Waals surface area (Å²) in [5.41, 5.74) is 1.08. The molecule has 0 aliphatic carbocycles. The Bertz CT molecular complexity index is 419. The summed E-state index contributed by atoms with van der Waals surface area (Å²) >= 11 is 1.71. The van der Waals surface area contributed by atoms with Crippen molar-refractivity contribution in [3.8, 4) is 0 Å². The lowest BCUT2D eigenvalue weighted by molar-refractivity contribution is 0.168. The highest BCUT2D eigenvalue weighted by molar-refractivity contribution is 7.17. The lowest BCUT2D eigenvalue weighted by Crippen LogP contribution is -1.96. The molecule has 2 rings (SSSR count). The van der Waals surface area contributed by atoms with Crippen molar-refractivity contribution in [2.24, 2.45) is 0 Å². The van der Waals surface area contributed by atoms with Gasteiger partial charge in [-0.25, -0.2) is 0 Å². The van der Waals surface area contributed by atoms with Gasteiger partial charge in [0.15, 0.2) is 0 Å². The zero-order valence-electron chi connectivity index (χ0n) is 8.23. The predicted molar refractivity (Wildman–Crippen MR) is 61.7 cm³/mol. The summed E-state index contributed by atoms with van der Waals surface area (Å²) in [6.07, 6.45) is 1.56. The molecule has 1 unspecified atom stereocenters. The minimum atomic E-state index is -0.303. The van der Waals surface area contributed by atoms with Crippen LogP contribution in [0.3, 0.4) is 0 Å². The van der Waals surface area contributed by atoms with Crippen molar-refractivity contribution in [1.82, 2.24) is 0 Å². The van der Waals surface area contributed by atoms with Crippen molar-refractivity contribution in [3.05, 3.63) is 35.2 Å². The third kappa shape index (κ3) is 1.68. The van der Waals surface area contributed by atoms with Gasteiger partial charge in [-0.2, -0.15) is 0 Å². The van der Waals surface area contributed by atoms with Crippen LogP contribution in [-0.2, 0) is 0 Å². The number of thiophene rings is 1. The number of hydrogen-bond donors (Lipinski definition) is 1. The highest BCUT2D eigenvalue weighted by atomic mass is 32.1. The van der Waals surface area contributed by atoms with Gasteiger partial charge in [0.1, 0.15) is 0 Å². The van der Waals surface area contributed by atoms with Crippen LogP contribution in [0.2, 0.25) is 0 Å². The molecule has 1 atom stereocenters. The third-order valence-electron chi connectivity index (χ3n) is 2.43. The molecular weight excluding hydrogens is 192 g/mol. The molecule has 2 heteroatoms. The van der Waals surface area contributed by atoms with Crippen LogP contribution < -0.4 is 0 Å². The fraction of sp³-hybridized carbons (Fsp3) is 0.333. The first kappa shape index (κ1) is 9.69. The summed E-state index contributed by atoms with van der Waals surface area (Å²) in [6.45, 7) is 2.10. The Morgan fingerprint density at radius 2 is 2.21 bits per heavy atom. The number of hydrogen-bond acceptors (Lipinski definition) is 2. The number of fused-ring (bicyclic) bond motifs is 1. The van der Waals surface area contributed by atoms with E-state index in [4.69, 9.17) is 0 Å². The molecular formula is C12H14OS. The molecule has 1 aromatic heterocycles. The molecule has 1 N–H and O–H groups in total. The maximum absolute atomic E-state index is 9.94. The Morgan fingerprint density at radius 3 is 3.00 bits per heavy atom. The standard InChI is InChI=1S/C12H14OS/c1-2-4-11(13)10-6-3-5-9-7-8-14-12(9)10/h3,5-8,11,13H,2,4H2,1H3. The Morgan fingerprint density at radius 1 is 1.36 bits per heavy atom. The molecule has 0 amide bonds. The van der Waals surface area contributed by atoms with Gasteiger partial charge in [0, 0.05) is 4.70 Å². The number of aliphatic hydroxyl groups is 1. The van der Waals surface area contributed by atoms with Crippen LogP contribution in [0.1, 0.15) is 31.4 Å². The fourth-order valence-electron chi connectivity index (χ4n) is 1.71. The van der Waals surface area contributed by atoms with E-state index in [2.05, 4.69) is 24.4 Å². The average Bonchev–Trinajstić information content (AvgIpc) is 2.65. The summed E-state index contributed by atoms with van der Waals surface area (Å²) < 4.78 is 1.23. The van der Waals surface area contributed by atoms with Gasteiger partial charge >= 0.3 is 0 Å². The first-order valence-corrected chi connectivity index (χ1v) is 5.85. The van der Waals surface area contributed by atoms with Gasteiger partial charge < -0.3 is 5.11 Å². The van der Waals surface area contributed by atoms with Crippen molar-refractivity contribution in [2.45, 2.75) is 25.9 Å². The minimum Gasteiger partial charge on any atom is -0.388 e. The van der Waals surface area contributed by atoms with E-state index in [0.717, 1.165) is 18.4 Å². The maximum atomic E-state index is 9.94. The van der Waals surface area contributed by atoms with Gasteiger partial charge in [0.25, 0.3) is 0 Å². The number of aliphatic hydroxyl groups excluding tert-OH is 1. The largest absolute Gasteiger partial charge is 0.388 e. The topological polar surface area (TPSA) is 20.2 Å². The molecule has 1 heterocycles. The summed E-state index contributed by atoms with van der Waals surface area (Å²) in [5, 5.41) is 13.3. The van der Waals surface area contributed by atoms with E-state index in [1.54, 1.807) is 11.3 Å². The van der Waals surface area contributed by atoms with E-state index < -0.39 is 0 Å². The third-order valence-corrected chi connectivity index (χ3v) is 3.41. The molecule has 0 aliphatic rings. The Labute approximate surface area is 88.0 Å². The summed E-state index contributed by atoms with van der Waals surface area (Å²) in [4.78, 5) is 0. The SMILES string of the molecule is CCCC(O)c1cccc2ccsc12. The quantitative estimate of drug-likeness (QED) is 0.811. The minimum absolute atomic E-state index is 0.303. The monoisotopic (exact) mass is 206 g/mol. The second kappa shape index (κ2) is 4.11. The van der Waals surface area contributed by atoms with Gasteiger partial charge in [-0.1, -0.05) is 31.5 Å². The molecule has 0 fully saturated rings. The smallest absolute Gasteiger partial charge is 0.0803 e. The molecule has 0 bridgehead atoms. The van der Waals surface area contributed by atoms with Crippen LogP contribution in [0.5, 0.6) is 0 Å². The van der Waals surface area contributed by atoms with Crippen LogP contribution in [0.15, 0.2) is 29.6 Å². The van der Waals surface area contributed by atoms with E-state index in [0.29, 0.717) is 0 Å². The number of rotatable bonds is 3. The molecule has 0 radical (unpaired) electrons. The first-order valence-electron chi connectivity index (χ1n) is 4.97. The molecule has 2 aromatic rings. The Balaban J connectivity index is 2.45. The van der Waals surface area contributed by atoms with Gasteiger partial charge in [0.2, 0.25) is 0 Å². The molecule has 0 saturated heterocycles. The van der Waals surface area contributed by atoms with Crippen molar-refractivity contribution in [2.75, 3.05) is 0 Å². The normalized spacial score (nSPS) is 13.3. The molecule has 1 aromatic carbocycles. The highest BCUT2D eigenvalue weighted by Crippen LogP contribution is 2.30. The number of benzene rings is 1. The van der Waals surface area contributed by atoms with Crippen LogP contribution in [0.25, 0.3) is 10.1 Å². The van der Waals surface area contributed by atoms with Gasteiger partial charge in [-0.3, -0.25) is 0 Å². The maximum Gasteiger partial charge on any atom is 0.0803 e. The molecule has 0 saturated carbocycles. The van der Waals surface area contributed by atoms with Gasteiger partial charge in [0.05, 0.1) is 6.10 Å². The van der Waals surface area contributed by atoms with E-state index >= 15 is 0 Å². The van der Waals surface area contributed by atoms with E-state index in [1.165, 1.54) is 10.1 Å². The zero-order valence-corrected chi connectivity index (χ0v) is 9.05. The van der Waals surface area contributed by atoms with Crippen LogP contribution in [0.4, 0.5) is 0 Å². The second-order valence-corrected chi connectivity index (χ2v) is 4.41. The van der Waals surface area contributed by atoms with Crippen LogP contribution >= 0.6 is 11.3 Å². The molecule has 0 aliphatic heterocycles. The van der Waals surface area contributed by atoms with Gasteiger partial charge in [-0.05, 0) is 28.8 Å². The molecule has 1 nitrogen and oxygen atoms in total. The van der Waals surface area contributed by atoms with E-state index in [9.17, 15) is 5.11 Å². The first-order chi connectivity index (χ1) is 6.83. The zero-order chi connectivity index (χ0) is 9.97. The van der Waals surface area contributed by atoms with Crippen molar-refractivity contribution >= 4 is 21.4 Å². The van der Waals surface area contributed by atoms with Crippen molar-refractivity contribution in [1.29, 1.82) is 0 Å². The molecule has 0 spiro atoms. The second-order valence-electron chi connectivity index (χ2n) is 3.49. The summed E-state index contributed by atoms with van der Waals surface area (Å²) in [6, 6.07) is 8.23. The summed E-state index contributed by atoms with van der Waals surface area (Å²) in [5.74, 6) is 0. The summed E-state index contributed by atoms with van der Waals surface area (Å²) in [7, 11) is 0. The molecule has 14 heavy (non-hydrogen) atoms. The van der Waals surface area contributed by atoms with E-state index in [1.807, 2.05) is 12.1 Å². The average molecular weight is 206 g/mol. The Kier molecular flexibility index (Phi) is 2.85. The lowest BCUT2D eigenvalue weighted by Gasteiger charge is -2.10. The fourth-order valence-corrected chi connectivity index (χ4v) is 2.67. The predicted octanol–water partition coefficient (Wildman–Crippen LogP) is 3.73.